The second-order valence-electron chi connectivity index (χ2n) is 4.88. The molecule has 0 rings (SSSR count). The van der Waals surface area contributed by atoms with E-state index in [0.29, 0.717) is 0 Å². The first-order chi connectivity index (χ1) is 7.43. The van der Waals surface area contributed by atoms with Crippen LogP contribution in [0.25, 0.3) is 0 Å². The number of nitrogens with zero attached hydrogens (tertiary/aromatic N) is 1. The molecule has 0 fully saturated rings. The molecule has 0 unspecified atom stereocenters. The van der Waals surface area contributed by atoms with Gasteiger partial charge in [-0.2, -0.15) is 0 Å². The molecular formula is C15H37N. The van der Waals surface area contributed by atoms with Crippen LogP contribution in [0.3, 0.4) is 0 Å². The maximum absolute atomic E-state index is 2.36. The third-order valence-electron chi connectivity index (χ3n) is 2.22. The van der Waals surface area contributed by atoms with Gasteiger partial charge >= 0.3 is 0 Å². The molecule has 0 atom stereocenters. The fourth-order valence-corrected chi connectivity index (χ4v) is 1.61. The molecule has 16 heavy (non-hydrogen) atoms. The van der Waals surface area contributed by atoms with Crippen molar-refractivity contribution < 1.29 is 0 Å². The lowest BCUT2D eigenvalue weighted by Crippen LogP contribution is -2.30. The molecule has 0 bridgehead atoms. The first kappa shape index (κ1) is 21.3. The first-order valence-corrected chi connectivity index (χ1v) is 7.10. The summed E-state index contributed by atoms with van der Waals surface area (Å²) in [7, 11) is 4.38. The van der Waals surface area contributed by atoms with Gasteiger partial charge in [-0.3, -0.25) is 0 Å². The summed E-state index contributed by atoms with van der Waals surface area (Å²) in [6.07, 6.45) is 2.65. The molecule has 1 nitrogen and oxygen atoms in total. The lowest BCUT2D eigenvalue weighted by atomic mass is 9.95. The van der Waals surface area contributed by atoms with E-state index in [-0.39, 0.29) is 0 Å². The summed E-state index contributed by atoms with van der Waals surface area (Å²) >= 11 is 0. The topological polar surface area (TPSA) is 3.24 Å². The molecular weight excluding hydrogens is 194 g/mol. The summed E-state index contributed by atoms with van der Waals surface area (Å²) in [5.41, 5.74) is 0. The van der Waals surface area contributed by atoms with Crippen LogP contribution >= 0.6 is 0 Å². The molecule has 0 N–H and O–H groups in total. The number of rotatable bonds is 5. The molecule has 0 spiro atoms. The van der Waals surface area contributed by atoms with E-state index in [9.17, 15) is 0 Å². The first-order valence-electron chi connectivity index (χ1n) is 7.10. The highest BCUT2D eigenvalue weighted by atomic mass is 15.1. The normalized spacial score (nSPS) is 10.1. The maximum atomic E-state index is 2.36. The molecule has 0 radical (unpaired) electrons. The Balaban J connectivity index is -0.000000376. The highest BCUT2D eigenvalue weighted by Crippen LogP contribution is 2.16. The molecule has 0 aromatic heterocycles. The summed E-state index contributed by atoms with van der Waals surface area (Å²) in [5, 5.41) is 0. The van der Waals surface area contributed by atoms with Crippen LogP contribution in [-0.2, 0) is 0 Å². The van der Waals surface area contributed by atoms with Gasteiger partial charge < -0.3 is 4.90 Å². The minimum absolute atomic E-state index is 0.769. The van der Waals surface area contributed by atoms with Gasteiger partial charge in [-0.25, -0.2) is 0 Å². The molecule has 0 saturated heterocycles. The Labute approximate surface area is 106 Å². The molecule has 0 aliphatic heterocycles. The van der Waals surface area contributed by atoms with Crippen LogP contribution in [0.4, 0.5) is 0 Å². The van der Waals surface area contributed by atoms with Crippen LogP contribution in [0.1, 0.15) is 68.2 Å². The quantitative estimate of drug-likeness (QED) is 0.639. The van der Waals surface area contributed by atoms with Gasteiger partial charge in [0.05, 0.1) is 0 Å². The van der Waals surface area contributed by atoms with E-state index in [4.69, 9.17) is 0 Å². The van der Waals surface area contributed by atoms with E-state index in [1.807, 2.05) is 27.7 Å². The average Bonchev–Trinajstić information content (AvgIpc) is 2.21. The largest absolute Gasteiger partial charge is 0.306 e. The number of hydrogen-bond donors (Lipinski definition) is 0. The lowest BCUT2D eigenvalue weighted by Gasteiger charge is -2.27. The molecule has 0 aliphatic carbocycles. The van der Waals surface area contributed by atoms with Crippen LogP contribution in [0.2, 0.25) is 0 Å². The Morgan fingerprint density at radius 2 is 0.938 bits per heavy atom. The average molecular weight is 231 g/mol. The zero-order valence-corrected chi connectivity index (χ0v) is 13.6. The zero-order valence-electron chi connectivity index (χ0n) is 13.6. The minimum atomic E-state index is 0.769. The van der Waals surface area contributed by atoms with E-state index in [0.717, 1.165) is 17.9 Å². The third kappa shape index (κ3) is 16.4. The molecule has 0 aliphatic rings. The standard InChI is InChI=1S/C11H25N.2C2H6/c1-9(2)7-11(12(5)6)8-10(3)4;2*1-2/h9-11H,7-8H2,1-6H3;2*1-2H3. The molecule has 1 heteroatoms. The predicted molar refractivity (Wildman–Crippen MR) is 79.1 cm³/mol. The van der Waals surface area contributed by atoms with Crippen molar-refractivity contribution in [3.8, 4) is 0 Å². The van der Waals surface area contributed by atoms with Crippen molar-refractivity contribution in [2.45, 2.75) is 74.3 Å². The zero-order chi connectivity index (χ0) is 13.7. The van der Waals surface area contributed by atoms with Crippen LogP contribution in [0.15, 0.2) is 0 Å². The summed E-state index contributed by atoms with van der Waals surface area (Å²) in [6.45, 7) is 17.2. The molecule has 0 heterocycles. The van der Waals surface area contributed by atoms with E-state index in [1.165, 1.54) is 12.8 Å². The molecule has 102 valence electrons. The Morgan fingerprint density at radius 1 is 0.688 bits per heavy atom. The van der Waals surface area contributed by atoms with Gasteiger partial charge in [0.2, 0.25) is 0 Å². The van der Waals surface area contributed by atoms with Crippen molar-refractivity contribution in [3.63, 3.8) is 0 Å². The summed E-state index contributed by atoms with van der Waals surface area (Å²) in [4.78, 5) is 2.36. The van der Waals surface area contributed by atoms with Gasteiger partial charge in [0.1, 0.15) is 0 Å². The highest BCUT2D eigenvalue weighted by molar-refractivity contribution is 4.69. The van der Waals surface area contributed by atoms with Crippen molar-refractivity contribution in [2.75, 3.05) is 14.1 Å². The van der Waals surface area contributed by atoms with E-state index >= 15 is 0 Å². The summed E-state index contributed by atoms with van der Waals surface area (Å²) < 4.78 is 0. The smallest absolute Gasteiger partial charge is 0.00940 e. The van der Waals surface area contributed by atoms with E-state index in [2.05, 4.69) is 46.7 Å². The van der Waals surface area contributed by atoms with Crippen molar-refractivity contribution in [1.82, 2.24) is 4.90 Å². The molecule has 0 aromatic carbocycles. The van der Waals surface area contributed by atoms with E-state index in [1.54, 1.807) is 0 Å². The highest BCUT2D eigenvalue weighted by Gasteiger charge is 2.14. The molecule has 0 amide bonds. The van der Waals surface area contributed by atoms with Crippen LogP contribution < -0.4 is 0 Å². The minimum Gasteiger partial charge on any atom is -0.306 e. The van der Waals surface area contributed by atoms with Crippen LogP contribution in [-0.4, -0.2) is 25.0 Å². The lowest BCUT2D eigenvalue weighted by molar-refractivity contribution is 0.222. The molecule has 0 aromatic rings. The maximum Gasteiger partial charge on any atom is 0.00940 e. The van der Waals surface area contributed by atoms with Gasteiger partial charge in [-0.1, -0.05) is 55.4 Å². The fraction of sp³-hybridized carbons (Fsp3) is 1.00. The molecule has 0 saturated carbocycles. The van der Waals surface area contributed by atoms with Crippen molar-refractivity contribution in [2.24, 2.45) is 11.8 Å². The van der Waals surface area contributed by atoms with Gasteiger partial charge in [0.15, 0.2) is 0 Å². The Bertz CT molecular complexity index is 96.0. The van der Waals surface area contributed by atoms with Gasteiger partial charge in [0, 0.05) is 6.04 Å². The van der Waals surface area contributed by atoms with Crippen molar-refractivity contribution in [1.29, 1.82) is 0 Å². The van der Waals surface area contributed by atoms with Crippen molar-refractivity contribution >= 4 is 0 Å². The fourth-order valence-electron chi connectivity index (χ4n) is 1.61. The SMILES string of the molecule is CC.CC.CC(C)CC(CC(C)C)N(C)C. The van der Waals surface area contributed by atoms with Crippen LogP contribution in [0.5, 0.6) is 0 Å². The third-order valence-corrected chi connectivity index (χ3v) is 2.22. The van der Waals surface area contributed by atoms with Gasteiger partial charge in [-0.05, 0) is 38.8 Å². The second-order valence-corrected chi connectivity index (χ2v) is 4.88. The Hall–Kier alpha value is -0.0400. The summed E-state index contributed by atoms with van der Waals surface area (Å²) in [5.74, 6) is 1.63. The Morgan fingerprint density at radius 3 is 1.06 bits per heavy atom. The van der Waals surface area contributed by atoms with Gasteiger partial charge in [-0.15, -0.1) is 0 Å². The van der Waals surface area contributed by atoms with E-state index < -0.39 is 0 Å². The summed E-state index contributed by atoms with van der Waals surface area (Å²) in [6, 6.07) is 0.769. The van der Waals surface area contributed by atoms with Gasteiger partial charge in [0.25, 0.3) is 0 Å². The Kier molecular flexibility index (Phi) is 19.9. The second kappa shape index (κ2) is 15.0. The monoisotopic (exact) mass is 231 g/mol. The van der Waals surface area contributed by atoms with Crippen LogP contribution in [0, 0.1) is 11.8 Å². The van der Waals surface area contributed by atoms with Crippen molar-refractivity contribution in [3.05, 3.63) is 0 Å². The number of hydrogen-bond acceptors (Lipinski definition) is 1. The predicted octanol–water partition coefficient (Wildman–Crippen LogP) is 5.06.